The van der Waals surface area contributed by atoms with Crippen molar-refractivity contribution in [3.05, 3.63) is 64.8 Å². The molecule has 130 valence electrons. The maximum Gasteiger partial charge on any atom is 0.165 e. The molecule has 4 rings (SSSR count). The molecule has 1 N–H and O–H groups in total. The SMILES string of the molecule is COc1ccc(C(c2csc3ccccc23)N2CCNCC2)cc1F. The van der Waals surface area contributed by atoms with Gasteiger partial charge in [-0.1, -0.05) is 24.3 Å². The van der Waals surface area contributed by atoms with E-state index in [0.717, 1.165) is 31.7 Å². The molecule has 1 aromatic heterocycles. The lowest BCUT2D eigenvalue weighted by Gasteiger charge is -2.35. The molecule has 0 radical (unpaired) electrons. The smallest absolute Gasteiger partial charge is 0.165 e. The van der Waals surface area contributed by atoms with Crippen molar-refractivity contribution in [1.29, 1.82) is 0 Å². The molecular formula is C20H21FN2OS. The van der Waals surface area contributed by atoms with Gasteiger partial charge in [-0.25, -0.2) is 4.39 Å². The minimum Gasteiger partial charge on any atom is -0.494 e. The van der Waals surface area contributed by atoms with E-state index in [4.69, 9.17) is 4.74 Å². The fraction of sp³-hybridized carbons (Fsp3) is 0.300. The molecule has 3 aromatic rings. The molecule has 1 unspecified atom stereocenters. The summed E-state index contributed by atoms with van der Waals surface area (Å²) < 4.78 is 20.7. The van der Waals surface area contributed by atoms with Crippen molar-refractivity contribution in [2.45, 2.75) is 6.04 Å². The van der Waals surface area contributed by atoms with Crippen LogP contribution in [-0.4, -0.2) is 38.2 Å². The summed E-state index contributed by atoms with van der Waals surface area (Å²) in [5, 5.41) is 6.88. The van der Waals surface area contributed by atoms with Gasteiger partial charge in [-0.2, -0.15) is 0 Å². The Hall–Kier alpha value is -1.95. The molecule has 5 heteroatoms. The van der Waals surface area contributed by atoms with Crippen LogP contribution in [0.3, 0.4) is 0 Å². The van der Waals surface area contributed by atoms with Gasteiger partial charge in [0, 0.05) is 30.9 Å². The number of halogens is 1. The first kappa shape index (κ1) is 16.5. The predicted octanol–water partition coefficient (Wildman–Crippen LogP) is 4.04. The van der Waals surface area contributed by atoms with Crippen molar-refractivity contribution in [2.75, 3.05) is 33.3 Å². The Labute approximate surface area is 151 Å². The zero-order chi connectivity index (χ0) is 17.2. The predicted molar refractivity (Wildman–Crippen MR) is 101 cm³/mol. The van der Waals surface area contributed by atoms with Gasteiger partial charge >= 0.3 is 0 Å². The van der Waals surface area contributed by atoms with E-state index in [1.54, 1.807) is 23.5 Å². The standard InChI is InChI=1S/C20H21FN2OS/c1-24-18-7-6-14(12-17(18)21)20(23-10-8-22-9-11-23)16-13-25-19-5-3-2-4-15(16)19/h2-7,12-13,20,22H,8-11H2,1H3. The van der Waals surface area contributed by atoms with E-state index in [0.29, 0.717) is 0 Å². The molecule has 1 aliphatic heterocycles. The number of hydrogen-bond donors (Lipinski definition) is 1. The third-order valence-electron chi connectivity index (χ3n) is 4.81. The molecule has 2 heterocycles. The van der Waals surface area contributed by atoms with Crippen molar-refractivity contribution in [2.24, 2.45) is 0 Å². The Morgan fingerprint density at radius 2 is 1.96 bits per heavy atom. The molecule has 25 heavy (non-hydrogen) atoms. The van der Waals surface area contributed by atoms with E-state index in [2.05, 4.69) is 39.9 Å². The summed E-state index contributed by atoms with van der Waals surface area (Å²) in [6.45, 7) is 3.80. The molecular weight excluding hydrogens is 335 g/mol. The van der Waals surface area contributed by atoms with E-state index >= 15 is 0 Å². The van der Waals surface area contributed by atoms with Crippen LogP contribution in [0.1, 0.15) is 17.2 Å². The number of benzene rings is 2. The van der Waals surface area contributed by atoms with E-state index in [1.165, 1.54) is 22.8 Å². The van der Waals surface area contributed by atoms with Gasteiger partial charge in [-0.05, 0) is 40.1 Å². The third-order valence-corrected chi connectivity index (χ3v) is 5.80. The summed E-state index contributed by atoms with van der Waals surface area (Å²) in [6, 6.07) is 13.8. The second-order valence-corrected chi connectivity index (χ2v) is 7.18. The van der Waals surface area contributed by atoms with Crippen molar-refractivity contribution in [3.63, 3.8) is 0 Å². The van der Waals surface area contributed by atoms with Gasteiger partial charge in [0.2, 0.25) is 0 Å². The zero-order valence-electron chi connectivity index (χ0n) is 14.2. The second-order valence-electron chi connectivity index (χ2n) is 6.27. The van der Waals surface area contributed by atoms with Crippen LogP contribution in [0.5, 0.6) is 5.75 Å². The number of methoxy groups -OCH3 is 1. The molecule has 1 fully saturated rings. The normalized spacial score (nSPS) is 16.9. The Balaban J connectivity index is 1.83. The number of hydrogen-bond acceptors (Lipinski definition) is 4. The van der Waals surface area contributed by atoms with Gasteiger partial charge in [-0.3, -0.25) is 4.90 Å². The first-order valence-corrected chi connectivity index (χ1v) is 9.40. The van der Waals surface area contributed by atoms with Crippen LogP contribution < -0.4 is 10.1 Å². The molecule has 0 saturated carbocycles. The molecule has 3 nitrogen and oxygen atoms in total. The van der Waals surface area contributed by atoms with Crippen molar-refractivity contribution >= 4 is 21.4 Å². The number of nitrogens with zero attached hydrogens (tertiary/aromatic N) is 1. The van der Waals surface area contributed by atoms with Gasteiger partial charge < -0.3 is 10.1 Å². The molecule has 1 saturated heterocycles. The summed E-state index contributed by atoms with van der Waals surface area (Å²) in [5.41, 5.74) is 2.23. The number of rotatable bonds is 4. The van der Waals surface area contributed by atoms with Crippen LogP contribution in [0.2, 0.25) is 0 Å². The molecule has 2 aromatic carbocycles. The average molecular weight is 356 g/mol. The maximum atomic E-state index is 14.4. The molecule has 0 aliphatic carbocycles. The van der Waals surface area contributed by atoms with E-state index < -0.39 is 0 Å². The van der Waals surface area contributed by atoms with E-state index in [-0.39, 0.29) is 17.6 Å². The quantitative estimate of drug-likeness (QED) is 0.763. The highest BCUT2D eigenvalue weighted by Gasteiger charge is 2.27. The number of nitrogens with one attached hydrogen (secondary N) is 1. The zero-order valence-corrected chi connectivity index (χ0v) is 15.0. The lowest BCUT2D eigenvalue weighted by Crippen LogP contribution is -2.45. The monoisotopic (exact) mass is 356 g/mol. The summed E-state index contributed by atoms with van der Waals surface area (Å²) in [5.74, 6) is -0.0161. The van der Waals surface area contributed by atoms with Crippen LogP contribution in [-0.2, 0) is 0 Å². The highest BCUT2D eigenvalue weighted by atomic mass is 32.1. The largest absolute Gasteiger partial charge is 0.494 e. The van der Waals surface area contributed by atoms with Crippen LogP contribution in [0.4, 0.5) is 4.39 Å². The van der Waals surface area contributed by atoms with Gasteiger partial charge in [0.05, 0.1) is 13.2 Å². The highest BCUT2D eigenvalue weighted by Crippen LogP contribution is 2.38. The molecule has 0 amide bonds. The summed E-state index contributed by atoms with van der Waals surface area (Å²) in [4.78, 5) is 2.44. The molecule has 1 atom stereocenters. The molecule has 1 aliphatic rings. The van der Waals surface area contributed by atoms with Crippen molar-refractivity contribution < 1.29 is 9.13 Å². The number of fused-ring (bicyclic) bond motifs is 1. The fourth-order valence-corrected chi connectivity index (χ4v) is 4.57. The number of ether oxygens (including phenoxy) is 1. The Kier molecular flexibility index (Phi) is 4.70. The van der Waals surface area contributed by atoms with E-state index in [9.17, 15) is 4.39 Å². The van der Waals surface area contributed by atoms with Crippen LogP contribution in [0, 0.1) is 5.82 Å². The maximum absolute atomic E-state index is 14.4. The molecule has 0 bridgehead atoms. The fourth-order valence-electron chi connectivity index (χ4n) is 3.59. The highest BCUT2D eigenvalue weighted by molar-refractivity contribution is 7.17. The van der Waals surface area contributed by atoms with Gasteiger partial charge in [-0.15, -0.1) is 11.3 Å². The first-order valence-electron chi connectivity index (χ1n) is 8.52. The number of thiophene rings is 1. The van der Waals surface area contributed by atoms with Gasteiger partial charge in [0.25, 0.3) is 0 Å². The van der Waals surface area contributed by atoms with Crippen LogP contribution >= 0.6 is 11.3 Å². The first-order chi connectivity index (χ1) is 12.3. The molecule has 0 spiro atoms. The van der Waals surface area contributed by atoms with Gasteiger partial charge in [0.1, 0.15) is 0 Å². The summed E-state index contributed by atoms with van der Waals surface area (Å²) in [7, 11) is 1.50. The average Bonchev–Trinajstić information content (AvgIpc) is 3.07. The topological polar surface area (TPSA) is 24.5 Å². The van der Waals surface area contributed by atoms with Gasteiger partial charge in [0.15, 0.2) is 11.6 Å². The lowest BCUT2D eigenvalue weighted by atomic mass is 9.95. The van der Waals surface area contributed by atoms with Crippen LogP contribution in [0.25, 0.3) is 10.1 Å². The summed E-state index contributed by atoms with van der Waals surface area (Å²) in [6.07, 6.45) is 0. The Bertz CT molecular complexity index is 873. The van der Waals surface area contributed by atoms with E-state index in [1.807, 2.05) is 6.07 Å². The van der Waals surface area contributed by atoms with Crippen molar-refractivity contribution in [3.8, 4) is 5.75 Å². The minimum absolute atomic E-state index is 0.0543. The number of piperazine rings is 1. The lowest BCUT2D eigenvalue weighted by molar-refractivity contribution is 0.199. The second kappa shape index (κ2) is 7.12. The Morgan fingerprint density at radius 1 is 1.16 bits per heavy atom. The van der Waals surface area contributed by atoms with Crippen LogP contribution in [0.15, 0.2) is 47.8 Å². The Morgan fingerprint density at radius 3 is 2.72 bits per heavy atom. The van der Waals surface area contributed by atoms with Crippen molar-refractivity contribution in [1.82, 2.24) is 10.2 Å². The minimum atomic E-state index is -0.306. The third kappa shape index (κ3) is 3.15. The summed E-state index contributed by atoms with van der Waals surface area (Å²) >= 11 is 1.75.